The van der Waals surface area contributed by atoms with Gasteiger partial charge in [-0.25, -0.2) is 0 Å². The Kier molecular flexibility index (Phi) is 17.9. The molecule has 0 saturated heterocycles. The molecule has 0 spiro atoms. The van der Waals surface area contributed by atoms with Crippen LogP contribution in [0.5, 0.6) is 0 Å². The molecule has 0 aromatic carbocycles. The van der Waals surface area contributed by atoms with Crippen LogP contribution >= 0.6 is 0 Å². The van der Waals surface area contributed by atoms with E-state index in [0.29, 0.717) is 0 Å². The fourth-order valence-electron chi connectivity index (χ4n) is 0. The summed E-state index contributed by atoms with van der Waals surface area (Å²) in [4.78, 5) is 8.36. The van der Waals surface area contributed by atoms with Gasteiger partial charge in [-0.3, -0.25) is 4.79 Å². The molecule has 0 bridgehead atoms. The molecule has 84 valence electrons. The van der Waals surface area contributed by atoms with Crippen LogP contribution in [0.15, 0.2) is 0 Å². The van der Waals surface area contributed by atoms with E-state index >= 15 is 0 Å². The van der Waals surface area contributed by atoms with Crippen molar-refractivity contribution in [2.45, 2.75) is 0 Å². The Morgan fingerprint density at radius 2 is 0.857 bits per heavy atom. The van der Waals surface area contributed by atoms with Gasteiger partial charge in [-0.2, -0.15) is 0 Å². The number of carboxylic acid groups (broad SMARTS) is 1. The van der Waals surface area contributed by atoms with Gasteiger partial charge in [0.05, 0.1) is 0 Å². The minimum Gasteiger partial charge on any atom is -1.00 e. The van der Waals surface area contributed by atoms with E-state index in [1.54, 1.807) is 0 Å². The van der Waals surface area contributed by atoms with Crippen LogP contribution in [0, 0.1) is 0 Å². The van der Waals surface area contributed by atoms with E-state index < -0.39 is 14.5 Å². The van der Waals surface area contributed by atoms with Crippen molar-refractivity contribution in [1.82, 2.24) is 0 Å². The van der Waals surface area contributed by atoms with Gasteiger partial charge in [0.15, 0.2) is 0 Å². The van der Waals surface area contributed by atoms with E-state index in [1.165, 1.54) is 0 Å². The Balaban J connectivity index is -0.0000000322. The molecule has 0 atom stereocenters. The van der Waals surface area contributed by atoms with Gasteiger partial charge in [-0.05, 0) is 0 Å². The average Bonchev–Trinajstić information content (AvgIpc) is 1.52. The fraction of sp³-hybridized carbons (Fsp3) is 0. The first-order valence-corrected chi connectivity index (χ1v) is 2.24. The van der Waals surface area contributed by atoms with E-state index in [0.717, 1.165) is 0 Å². The third kappa shape index (κ3) is 10000. The van der Waals surface area contributed by atoms with Crippen LogP contribution in [0.4, 0.5) is 34.5 Å². The molecular formula is CH3B2F8LiO2-2. The molecule has 14 heavy (non-hydrogen) atoms. The molecule has 0 aliphatic carbocycles. The minimum atomic E-state index is -6.00. The van der Waals surface area contributed by atoms with Gasteiger partial charge >= 0.3 is 33.4 Å². The molecule has 0 rings (SSSR count). The zero-order chi connectivity index (χ0) is 11.7. The molecular weight excluding hydrogens is 225 g/mol. The Morgan fingerprint density at radius 3 is 0.857 bits per heavy atom. The monoisotopic (exact) mass is 228 g/mol. The SMILES string of the molecule is F[B-](F)(F)F.F[B-](F)(F)F.O=CO.[H-].[Li+]. The predicted molar refractivity (Wildman–Crippen MR) is 30.2 cm³/mol. The molecule has 0 aromatic rings. The molecule has 0 saturated carbocycles. The largest absolute Gasteiger partial charge is 1.00 e. The predicted octanol–water partition coefficient (Wildman–Crippen LogP) is -0.583. The molecule has 0 radical (unpaired) electrons. The van der Waals surface area contributed by atoms with Crippen LogP contribution < -0.4 is 18.9 Å². The second-order valence-electron chi connectivity index (χ2n) is 1.10. The van der Waals surface area contributed by atoms with Crippen molar-refractivity contribution in [3.05, 3.63) is 0 Å². The molecule has 2 nitrogen and oxygen atoms in total. The van der Waals surface area contributed by atoms with Gasteiger partial charge < -0.3 is 41.1 Å². The van der Waals surface area contributed by atoms with Crippen LogP contribution in [-0.2, 0) is 4.79 Å². The van der Waals surface area contributed by atoms with Gasteiger partial charge in [0.2, 0.25) is 0 Å². The second kappa shape index (κ2) is 10.7. The number of rotatable bonds is 0. The summed E-state index contributed by atoms with van der Waals surface area (Å²) in [6, 6.07) is 0. The third-order valence-corrected chi connectivity index (χ3v) is 0. The van der Waals surface area contributed by atoms with Gasteiger partial charge in [0.25, 0.3) is 6.47 Å². The van der Waals surface area contributed by atoms with Gasteiger partial charge in [0.1, 0.15) is 0 Å². The standard InChI is InChI=1S/CH2O2.2BF4.Li.H/c2-1-3;2*2-1(3,4)5;;/h1H,(H,2,3);;;;/q;2*-1;+1;-1. The molecule has 1 N–H and O–H groups in total. The van der Waals surface area contributed by atoms with E-state index in [4.69, 9.17) is 9.90 Å². The van der Waals surface area contributed by atoms with E-state index in [9.17, 15) is 34.5 Å². The van der Waals surface area contributed by atoms with Crippen molar-refractivity contribution in [2.75, 3.05) is 0 Å². The zero-order valence-corrected chi connectivity index (χ0v) is 6.61. The van der Waals surface area contributed by atoms with Crippen molar-refractivity contribution in [1.29, 1.82) is 0 Å². The quantitative estimate of drug-likeness (QED) is 0.342. The van der Waals surface area contributed by atoms with Crippen LogP contribution in [0.1, 0.15) is 1.43 Å². The smallest absolute Gasteiger partial charge is 1.00 e. The van der Waals surface area contributed by atoms with Crippen molar-refractivity contribution < 1.29 is 64.7 Å². The maximum Gasteiger partial charge on any atom is 1.00 e. The number of halogens is 8. The molecule has 0 aliphatic heterocycles. The molecule has 0 unspecified atom stereocenters. The normalized spacial score (nSPS) is 9.43. The second-order valence-corrected chi connectivity index (χ2v) is 1.10. The summed E-state index contributed by atoms with van der Waals surface area (Å²) in [5.41, 5.74) is 0. The van der Waals surface area contributed by atoms with Crippen molar-refractivity contribution in [2.24, 2.45) is 0 Å². The third-order valence-electron chi connectivity index (χ3n) is 0. The first-order chi connectivity index (χ1) is 5.41. The topological polar surface area (TPSA) is 37.3 Å². The Hall–Kier alpha value is -0.363. The summed E-state index contributed by atoms with van der Waals surface area (Å²) in [5, 5.41) is 6.89. The maximum atomic E-state index is 9.75. The molecule has 0 aliphatic rings. The molecule has 0 fully saturated rings. The first kappa shape index (κ1) is 23.4. The summed E-state index contributed by atoms with van der Waals surface area (Å²) >= 11 is 0. The number of hydrogen-bond acceptors (Lipinski definition) is 1. The van der Waals surface area contributed by atoms with Gasteiger partial charge in [-0.1, -0.05) is 0 Å². The first-order valence-electron chi connectivity index (χ1n) is 2.24. The van der Waals surface area contributed by atoms with E-state index in [1.807, 2.05) is 0 Å². The zero-order valence-electron chi connectivity index (χ0n) is 7.61. The summed E-state index contributed by atoms with van der Waals surface area (Å²) in [6.07, 6.45) is 0. The Labute approximate surface area is 86.5 Å². The van der Waals surface area contributed by atoms with Crippen LogP contribution in [0.3, 0.4) is 0 Å². The minimum absolute atomic E-state index is 0. The summed E-state index contributed by atoms with van der Waals surface area (Å²) in [5.74, 6) is 0. The maximum absolute atomic E-state index is 9.75. The van der Waals surface area contributed by atoms with Gasteiger partial charge in [0, 0.05) is 0 Å². The van der Waals surface area contributed by atoms with E-state index in [2.05, 4.69) is 0 Å². The Bertz CT molecular complexity index is 103. The summed E-state index contributed by atoms with van der Waals surface area (Å²) < 4.78 is 78.0. The van der Waals surface area contributed by atoms with Crippen molar-refractivity contribution >= 4 is 21.0 Å². The number of hydrogen-bond donors (Lipinski definition) is 1. The van der Waals surface area contributed by atoms with Crippen molar-refractivity contribution in [3.8, 4) is 0 Å². The molecule has 13 heteroatoms. The average molecular weight is 228 g/mol. The van der Waals surface area contributed by atoms with Crippen molar-refractivity contribution in [3.63, 3.8) is 0 Å². The van der Waals surface area contributed by atoms with Crippen LogP contribution in [0.25, 0.3) is 0 Å². The van der Waals surface area contributed by atoms with Crippen LogP contribution in [-0.4, -0.2) is 26.1 Å². The number of carbonyl (C=O) groups is 1. The van der Waals surface area contributed by atoms with Crippen LogP contribution in [0.2, 0.25) is 0 Å². The Morgan fingerprint density at radius 1 is 0.857 bits per heavy atom. The molecule has 0 amide bonds. The summed E-state index contributed by atoms with van der Waals surface area (Å²) in [6.45, 7) is -0.250. The summed E-state index contributed by atoms with van der Waals surface area (Å²) in [7, 11) is -12.0. The van der Waals surface area contributed by atoms with E-state index in [-0.39, 0.29) is 26.8 Å². The van der Waals surface area contributed by atoms with Gasteiger partial charge in [-0.15, -0.1) is 0 Å². The molecule has 0 aromatic heterocycles. The fourth-order valence-corrected chi connectivity index (χ4v) is 0. The molecule has 0 heterocycles.